The zero-order chi connectivity index (χ0) is 25.4. The van der Waals surface area contributed by atoms with E-state index in [4.69, 9.17) is 17.2 Å². The number of H-pyrrole nitrogens is 1. The van der Waals surface area contributed by atoms with Gasteiger partial charge in [0.1, 0.15) is 25.5 Å². The van der Waals surface area contributed by atoms with E-state index < -0.39 is 46.7 Å². The number of aryl methyl sites for hydroxylation is 1. The molecule has 1 aliphatic rings. The summed E-state index contributed by atoms with van der Waals surface area (Å²) in [5, 5.41) is 21.3. The predicted molar refractivity (Wildman–Crippen MR) is 112 cm³/mol. The molecule has 2 heterocycles. The second kappa shape index (κ2) is 9.75. The normalized spacial score (nSPS) is 21.4. The first kappa shape index (κ1) is 21.7. The van der Waals surface area contributed by atoms with Gasteiger partial charge < -0.3 is 19.3 Å². The summed E-state index contributed by atoms with van der Waals surface area (Å²) in [5.74, 6) is -0.447. The van der Waals surface area contributed by atoms with E-state index in [1.54, 1.807) is 25.1 Å². The molecule has 12 nitrogen and oxygen atoms in total. The third kappa shape index (κ3) is 5.21. The fourth-order valence-corrected chi connectivity index (χ4v) is 3.38. The third-order valence-corrected chi connectivity index (χ3v) is 5.14. The lowest BCUT2D eigenvalue weighted by Crippen LogP contribution is -2.33. The minimum Gasteiger partial charge on any atom is -0.434 e. The van der Waals surface area contributed by atoms with Gasteiger partial charge in [0, 0.05) is 38.7 Å². The number of rotatable bonds is 7. The van der Waals surface area contributed by atoms with Crippen molar-refractivity contribution in [1.29, 1.82) is 0 Å². The number of nitro groups is 1. The summed E-state index contributed by atoms with van der Waals surface area (Å²) in [6.07, 6.45) is -2.39. The van der Waals surface area contributed by atoms with Crippen LogP contribution in [-0.4, -0.2) is 51.2 Å². The molecule has 4 atom stereocenters. The summed E-state index contributed by atoms with van der Waals surface area (Å²) in [4.78, 5) is 48.2. The van der Waals surface area contributed by atoms with E-state index in [2.05, 4.69) is 4.98 Å². The van der Waals surface area contributed by atoms with Crippen molar-refractivity contribution in [2.24, 2.45) is 0 Å². The number of benzene rings is 1. The summed E-state index contributed by atoms with van der Waals surface area (Å²) >= 11 is 0. The number of ether oxygens (including phenoxy) is 3. The fourth-order valence-electron chi connectivity index (χ4n) is 3.38. The van der Waals surface area contributed by atoms with Gasteiger partial charge in [0.15, 0.2) is 0 Å². The first-order valence-corrected chi connectivity index (χ1v) is 9.85. The Balaban J connectivity index is 0.00000199. The Morgan fingerprint density at radius 3 is 2.88 bits per heavy atom. The molecule has 12 heteroatoms. The average molecular weight is 455 g/mol. The van der Waals surface area contributed by atoms with E-state index in [9.17, 15) is 29.6 Å². The lowest BCUT2D eigenvalue weighted by molar-refractivity contribution is -0.385. The Labute approximate surface area is 184 Å². The van der Waals surface area contributed by atoms with Crippen molar-refractivity contribution < 1.29 is 32.0 Å². The van der Waals surface area contributed by atoms with Crippen molar-refractivity contribution in [3.63, 3.8) is 0 Å². The highest BCUT2D eigenvalue weighted by molar-refractivity contribution is 5.60. The number of aromatic nitrogens is 2. The Morgan fingerprint density at radius 1 is 1.44 bits per heavy atom. The molecule has 4 unspecified atom stereocenters. The molecule has 1 aromatic heterocycles. The third-order valence-electron chi connectivity index (χ3n) is 5.14. The molecule has 3 rings (SSSR count). The van der Waals surface area contributed by atoms with Gasteiger partial charge in [-0.05, 0) is 6.92 Å². The molecule has 0 bridgehead atoms. The van der Waals surface area contributed by atoms with E-state index in [1.165, 1.54) is 19.2 Å². The van der Waals surface area contributed by atoms with Crippen LogP contribution in [0.25, 0.3) is 0 Å². The second-order valence-electron chi connectivity index (χ2n) is 7.50. The Kier molecular flexibility index (Phi) is 6.61. The smallest absolute Gasteiger partial charge is 0.434 e. The zero-order valence-corrected chi connectivity index (χ0v) is 17.4. The molecule has 0 spiro atoms. The number of hydrogen-bond donors (Lipinski definition) is 2. The standard InChI is InChI=1S/C20H23N3O9.H2/c1-11-8-22(19(26)21-18(11)25)17-7-15(24)16(32-17)10-31-20(27)30-9-12(2)13-5-3-4-6-14(13)23(28)29;/h3-6,8,12,15-17,24H,7,9-10H2,1-2H3,(H,21,25,26);1H/i;1+2T. The van der Waals surface area contributed by atoms with Crippen LogP contribution in [0.15, 0.2) is 40.1 Å². The number of carbonyl (C=O) groups is 1. The van der Waals surface area contributed by atoms with Gasteiger partial charge in [-0.15, -0.1) is 0 Å². The molecule has 1 aromatic carbocycles. The van der Waals surface area contributed by atoms with E-state index in [0.29, 0.717) is 11.1 Å². The molecule has 0 radical (unpaired) electrons. The number of hydrogen-bond acceptors (Lipinski definition) is 9. The van der Waals surface area contributed by atoms with Crippen molar-refractivity contribution >= 4 is 11.8 Å². The molecule has 1 aliphatic heterocycles. The number of nitro benzene ring substituents is 1. The second-order valence-corrected chi connectivity index (χ2v) is 7.50. The SMILES string of the molecule is Cc1cn(C2CC(O)C(COC(=O)OCC(C)c3ccccc3[N+](=O)[O-])O2)c(=O)[nH]c1=O.[3H][3H]. The molecular formula is C20H25N3O9. The van der Waals surface area contributed by atoms with Gasteiger partial charge in [0.2, 0.25) is 0 Å². The molecule has 0 amide bonds. The maximum Gasteiger partial charge on any atom is 0.508 e. The molecule has 32 heavy (non-hydrogen) atoms. The quantitative estimate of drug-likeness (QED) is 0.358. The molecule has 2 aromatic rings. The molecular weight excluding hydrogens is 426 g/mol. The number of aromatic amines is 1. The van der Waals surface area contributed by atoms with Gasteiger partial charge in [0.05, 0.1) is 11.0 Å². The minimum absolute atomic E-state index is 0.0587. The lowest BCUT2D eigenvalue weighted by Gasteiger charge is -2.17. The van der Waals surface area contributed by atoms with Crippen LogP contribution in [0.5, 0.6) is 0 Å². The lowest BCUT2D eigenvalue weighted by atomic mass is 10.0. The minimum atomic E-state index is -1.02. The number of nitrogens with zero attached hydrogens (tertiary/aromatic N) is 2. The number of para-hydroxylation sites is 1. The average Bonchev–Trinajstić information content (AvgIpc) is 3.19. The Morgan fingerprint density at radius 2 is 2.16 bits per heavy atom. The molecule has 1 saturated heterocycles. The van der Waals surface area contributed by atoms with E-state index in [1.807, 2.05) is 0 Å². The first-order valence-electron chi connectivity index (χ1n) is 10.9. The van der Waals surface area contributed by atoms with Gasteiger partial charge in [-0.25, -0.2) is 9.59 Å². The fraction of sp³-hybridized carbons (Fsp3) is 0.450. The molecule has 0 aliphatic carbocycles. The Hall–Kier alpha value is -3.51. The van der Waals surface area contributed by atoms with Gasteiger partial charge in [-0.1, -0.05) is 25.1 Å². The number of aliphatic hydroxyl groups excluding tert-OH is 1. The summed E-state index contributed by atoms with van der Waals surface area (Å²) in [6, 6.07) is 6.16. The van der Waals surface area contributed by atoms with Crippen LogP contribution in [0.2, 0.25) is 0 Å². The van der Waals surface area contributed by atoms with E-state index in [0.717, 1.165) is 4.57 Å². The molecule has 0 saturated carbocycles. The summed E-state index contributed by atoms with van der Waals surface area (Å²) in [5.41, 5.74) is -0.536. The van der Waals surface area contributed by atoms with Crippen LogP contribution < -0.4 is 11.2 Å². The van der Waals surface area contributed by atoms with Gasteiger partial charge in [-0.3, -0.25) is 24.5 Å². The van der Waals surface area contributed by atoms with Crippen molar-refractivity contribution in [3.05, 3.63) is 72.5 Å². The van der Waals surface area contributed by atoms with Crippen LogP contribution >= 0.6 is 0 Å². The summed E-state index contributed by atoms with van der Waals surface area (Å²) < 4.78 is 26.8. The largest absolute Gasteiger partial charge is 0.508 e. The number of aliphatic hydroxyl groups is 1. The van der Waals surface area contributed by atoms with Crippen LogP contribution in [0.4, 0.5) is 10.5 Å². The van der Waals surface area contributed by atoms with Crippen LogP contribution in [-0.2, 0) is 14.2 Å². The van der Waals surface area contributed by atoms with Crippen LogP contribution in [0, 0.1) is 17.0 Å². The monoisotopic (exact) mass is 455 g/mol. The number of carbonyl (C=O) groups excluding carboxylic acids is 1. The van der Waals surface area contributed by atoms with Crippen molar-refractivity contribution in [2.45, 2.75) is 44.6 Å². The highest BCUT2D eigenvalue weighted by Crippen LogP contribution is 2.28. The maximum absolute atomic E-state index is 12.0. The Bertz CT molecular complexity index is 1120. The summed E-state index contributed by atoms with van der Waals surface area (Å²) in [7, 11) is 0. The summed E-state index contributed by atoms with van der Waals surface area (Å²) in [6.45, 7) is 2.73. The number of nitrogens with one attached hydrogen (secondary N) is 1. The van der Waals surface area contributed by atoms with Crippen molar-refractivity contribution in [3.8, 4) is 0 Å². The van der Waals surface area contributed by atoms with Gasteiger partial charge in [0.25, 0.3) is 11.2 Å². The van der Waals surface area contributed by atoms with Gasteiger partial charge in [-0.2, -0.15) is 0 Å². The first-order chi connectivity index (χ1) is 16.2. The van der Waals surface area contributed by atoms with Crippen molar-refractivity contribution in [2.75, 3.05) is 13.2 Å². The molecule has 174 valence electrons. The topological polar surface area (TPSA) is 163 Å². The van der Waals surface area contributed by atoms with E-state index in [-0.39, 0.29) is 25.3 Å². The maximum atomic E-state index is 12.0. The highest BCUT2D eigenvalue weighted by Gasteiger charge is 2.36. The van der Waals surface area contributed by atoms with Crippen molar-refractivity contribution in [1.82, 2.24) is 9.55 Å². The van der Waals surface area contributed by atoms with Crippen LogP contribution in [0.1, 0.15) is 39.6 Å². The molecule has 1 fully saturated rings. The van der Waals surface area contributed by atoms with E-state index >= 15 is 0 Å². The predicted octanol–water partition coefficient (Wildman–Crippen LogP) is 1.60. The highest BCUT2D eigenvalue weighted by atomic mass is 16.7. The molecule has 2 N–H and O–H groups in total. The zero-order valence-electron chi connectivity index (χ0n) is 19.4. The van der Waals surface area contributed by atoms with Gasteiger partial charge >= 0.3 is 11.8 Å². The van der Waals surface area contributed by atoms with Crippen LogP contribution in [0.3, 0.4) is 0 Å².